The van der Waals surface area contributed by atoms with Gasteiger partial charge < -0.3 is 20.1 Å². The van der Waals surface area contributed by atoms with Gasteiger partial charge in [0, 0.05) is 5.41 Å². The molecule has 5 heteroatoms. The molecule has 1 saturated heterocycles. The molecule has 112 valence electrons. The number of aliphatic carboxylic acids is 1. The van der Waals surface area contributed by atoms with Crippen LogP contribution < -0.4 is 0 Å². The minimum atomic E-state index is -1.76. The fourth-order valence-electron chi connectivity index (χ4n) is 4.44. The summed E-state index contributed by atoms with van der Waals surface area (Å²) in [4.78, 5) is 11.4. The summed E-state index contributed by atoms with van der Waals surface area (Å²) in [5.41, 5.74) is 0.463. The third kappa shape index (κ3) is 1.76. The molecule has 0 aromatic rings. The Hall–Kier alpha value is -0.910. The SMILES string of the molecule is C/C(CO)=C1/CC[C@@]23CO[C@@H](C2)[C@@](O)(C(=O)O)CC[C@H]13. The van der Waals surface area contributed by atoms with Crippen LogP contribution in [0.15, 0.2) is 11.1 Å². The molecule has 2 aliphatic carbocycles. The van der Waals surface area contributed by atoms with E-state index in [0.717, 1.165) is 18.4 Å². The molecule has 5 nitrogen and oxygen atoms in total. The first-order chi connectivity index (χ1) is 9.43. The first kappa shape index (κ1) is 14.0. The van der Waals surface area contributed by atoms with Gasteiger partial charge >= 0.3 is 5.97 Å². The number of allylic oxidation sites excluding steroid dienone is 1. The lowest BCUT2D eigenvalue weighted by atomic mass is 9.74. The first-order valence-electron chi connectivity index (χ1n) is 7.30. The fraction of sp³-hybridized carbons (Fsp3) is 0.800. The highest BCUT2D eigenvalue weighted by Gasteiger charge is 2.60. The highest BCUT2D eigenvalue weighted by Crippen LogP contribution is 2.59. The van der Waals surface area contributed by atoms with E-state index in [-0.39, 0.29) is 24.4 Å². The van der Waals surface area contributed by atoms with E-state index in [1.54, 1.807) is 0 Å². The van der Waals surface area contributed by atoms with Crippen molar-refractivity contribution >= 4 is 5.97 Å². The van der Waals surface area contributed by atoms with Gasteiger partial charge in [0.15, 0.2) is 5.60 Å². The van der Waals surface area contributed by atoms with E-state index in [1.807, 2.05) is 6.92 Å². The molecule has 3 N–H and O–H groups in total. The average molecular weight is 282 g/mol. The molecule has 0 aromatic heterocycles. The summed E-state index contributed by atoms with van der Waals surface area (Å²) in [6.45, 7) is 2.52. The maximum absolute atomic E-state index is 11.4. The van der Waals surface area contributed by atoms with Crippen LogP contribution in [0, 0.1) is 11.3 Å². The van der Waals surface area contributed by atoms with E-state index in [2.05, 4.69) is 0 Å². The van der Waals surface area contributed by atoms with Crippen molar-refractivity contribution < 1.29 is 24.9 Å². The molecule has 1 aliphatic heterocycles. The average Bonchev–Trinajstić information content (AvgIpc) is 2.97. The molecule has 3 aliphatic rings. The predicted molar refractivity (Wildman–Crippen MR) is 71.1 cm³/mol. The Morgan fingerprint density at radius 1 is 1.45 bits per heavy atom. The number of rotatable bonds is 2. The van der Waals surface area contributed by atoms with Gasteiger partial charge in [-0.05, 0) is 50.5 Å². The van der Waals surface area contributed by atoms with Gasteiger partial charge in [0.05, 0.1) is 19.3 Å². The van der Waals surface area contributed by atoms with Crippen LogP contribution in [0.5, 0.6) is 0 Å². The Morgan fingerprint density at radius 2 is 2.20 bits per heavy atom. The summed E-state index contributed by atoms with van der Waals surface area (Å²) in [5, 5.41) is 29.2. The van der Waals surface area contributed by atoms with Crippen LogP contribution in [0.3, 0.4) is 0 Å². The molecule has 0 unspecified atom stereocenters. The molecule has 2 bridgehead atoms. The lowest BCUT2D eigenvalue weighted by molar-refractivity contribution is -0.174. The van der Waals surface area contributed by atoms with Gasteiger partial charge in [-0.2, -0.15) is 0 Å². The number of hydrogen-bond donors (Lipinski definition) is 3. The van der Waals surface area contributed by atoms with E-state index in [9.17, 15) is 20.1 Å². The topological polar surface area (TPSA) is 87.0 Å². The van der Waals surface area contributed by atoms with Crippen molar-refractivity contribution in [1.29, 1.82) is 0 Å². The molecule has 3 fully saturated rings. The number of hydrogen-bond acceptors (Lipinski definition) is 4. The number of carbonyl (C=O) groups is 1. The largest absolute Gasteiger partial charge is 0.479 e. The number of aliphatic hydroxyl groups excluding tert-OH is 1. The van der Waals surface area contributed by atoms with Gasteiger partial charge in [-0.25, -0.2) is 4.79 Å². The lowest BCUT2D eigenvalue weighted by Gasteiger charge is -2.31. The molecular weight excluding hydrogens is 260 g/mol. The van der Waals surface area contributed by atoms with Crippen molar-refractivity contribution in [2.75, 3.05) is 13.2 Å². The van der Waals surface area contributed by atoms with Gasteiger partial charge in [-0.1, -0.05) is 5.57 Å². The maximum atomic E-state index is 11.4. The Kier molecular flexibility index (Phi) is 3.19. The molecule has 3 rings (SSSR count). The predicted octanol–water partition coefficient (Wildman–Crippen LogP) is 1.09. The van der Waals surface area contributed by atoms with E-state index in [4.69, 9.17) is 4.74 Å². The zero-order valence-electron chi connectivity index (χ0n) is 11.8. The summed E-state index contributed by atoms with van der Waals surface area (Å²) in [6.07, 6.45) is 2.83. The van der Waals surface area contributed by atoms with Crippen LogP contribution in [-0.4, -0.2) is 46.2 Å². The molecule has 2 saturated carbocycles. The second-order valence-electron chi connectivity index (χ2n) is 6.65. The fourth-order valence-corrected chi connectivity index (χ4v) is 4.44. The van der Waals surface area contributed by atoms with Crippen molar-refractivity contribution in [1.82, 2.24) is 0 Å². The summed E-state index contributed by atoms with van der Waals surface area (Å²) < 4.78 is 5.68. The summed E-state index contributed by atoms with van der Waals surface area (Å²) in [6, 6.07) is 0. The van der Waals surface area contributed by atoms with Crippen LogP contribution in [0.4, 0.5) is 0 Å². The van der Waals surface area contributed by atoms with Crippen LogP contribution in [0.2, 0.25) is 0 Å². The zero-order chi connectivity index (χ0) is 14.5. The second-order valence-corrected chi connectivity index (χ2v) is 6.65. The summed E-state index contributed by atoms with van der Waals surface area (Å²) >= 11 is 0. The molecule has 0 aromatic carbocycles. The van der Waals surface area contributed by atoms with E-state index >= 15 is 0 Å². The standard InChI is InChI=1S/C15H22O5/c1-9(7-16)10-2-4-14-6-12(20-8-14)15(19,13(17)18)5-3-11(10)14/h11-12,16,19H,2-8H2,1H3,(H,17,18)/b10-9+/t11-,12+,14+,15-/m1/s1. The molecule has 4 atom stereocenters. The molecular formula is C15H22O5. The van der Waals surface area contributed by atoms with Crippen molar-refractivity contribution in [3.05, 3.63) is 11.1 Å². The van der Waals surface area contributed by atoms with Crippen LogP contribution in [0.1, 0.15) is 39.0 Å². The van der Waals surface area contributed by atoms with E-state index in [0.29, 0.717) is 19.4 Å². The second kappa shape index (κ2) is 4.55. The van der Waals surface area contributed by atoms with Gasteiger partial charge in [-0.3, -0.25) is 0 Å². The van der Waals surface area contributed by atoms with Crippen molar-refractivity contribution in [3.63, 3.8) is 0 Å². The third-order valence-electron chi connectivity index (χ3n) is 5.72. The maximum Gasteiger partial charge on any atom is 0.338 e. The quantitative estimate of drug-likeness (QED) is 0.660. The first-order valence-corrected chi connectivity index (χ1v) is 7.30. The van der Waals surface area contributed by atoms with Crippen LogP contribution in [-0.2, 0) is 9.53 Å². The number of carboxylic acids is 1. The molecule has 20 heavy (non-hydrogen) atoms. The Morgan fingerprint density at radius 3 is 2.85 bits per heavy atom. The minimum absolute atomic E-state index is 0.0314. The summed E-state index contributed by atoms with van der Waals surface area (Å²) in [5.74, 6) is -0.933. The molecule has 0 radical (unpaired) electrons. The highest BCUT2D eigenvalue weighted by molar-refractivity contribution is 5.78. The Labute approximate surface area is 118 Å². The summed E-state index contributed by atoms with van der Waals surface area (Å²) in [7, 11) is 0. The van der Waals surface area contributed by atoms with Gasteiger partial charge in [-0.15, -0.1) is 0 Å². The lowest BCUT2D eigenvalue weighted by Crippen LogP contribution is -2.49. The van der Waals surface area contributed by atoms with Gasteiger partial charge in [0.2, 0.25) is 0 Å². The van der Waals surface area contributed by atoms with E-state index in [1.165, 1.54) is 5.57 Å². The number of aliphatic hydroxyl groups is 2. The Bertz CT molecular complexity index is 471. The minimum Gasteiger partial charge on any atom is -0.479 e. The van der Waals surface area contributed by atoms with Crippen molar-refractivity contribution in [2.45, 2.75) is 50.7 Å². The van der Waals surface area contributed by atoms with Crippen molar-refractivity contribution in [2.24, 2.45) is 11.3 Å². The third-order valence-corrected chi connectivity index (χ3v) is 5.72. The smallest absolute Gasteiger partial charge is 0.338 e. The number of fused-ring (bicyclic) bond motifs is 1. The monoisotopic (exact) mass is 282 g/mol. The van der Waals surface area contributed by atoms with Crippen LogP contribution in [0.25, 0.3) is 0 Å². The van der Waals surface area contributed by atoms with Crippen molar-refractivity contribution in [3.8, 4) is 0 Å². The van der Waals surface area contributed by atoms with Crippen LogP contribution >= 0.6 is 0 Å². The molecule has 0 amide bonds. The van der Waals surface area contributed by atoms with Gasteiger partial charge in [0.25, 0.3) is 0 Å². The van der Waals surface area contributed by atoms with Gasteiger partial charge in [0.1, 0.15) is 0 Å². The number of ether oxygens (including phenoxy) is 1. The number of carboxylic acid groups (broad SMARTS) is 1. The highest BCUT2D eigenvalue weighted by atomic mass is 16.5. The zero-order valence-corrected chi connectivity index (χ0v) is 11.8. The van der Waals surface area contributed by atoms with E-state index < -0.39 is 17.7 Å². The normalized spacial score (nSPS) is 46.0. The molecule has 1 heterocycles. The Balaban J connectivity index is 1.98. The molecule has 1 spiro atoms.